The van der Waals surface area contributed by atoms with Crippen LogP contribution in [0.2, 0.25) is 0 Å². The molecule has 0 aliphatic heterocycles. The molecule has 0 bridgehead atoms. The van der Waals surface area contributed by atoms with Crippen LogP contribution in [0, 0.1) is 0 Å². The average Bonchev–Trinajstić information content (AvgIpc) is 2.97. The smallest absolute Gasteiger partial charge is 0.0178 e. The second-order valence-electron chi connectivity index (χ2n) is 4.04. The fourth-order valence-corrected chi connectivity index (χ4v) is 3.31. The first kappa shape index (κ1) is 10.6. The maximum Gasteiger partial charge on any atom is 0.0178 e. The molecule has 0 nitrogen and oxygen atoms in total. The maximum absolute atomic E-state index is 3.55. The lowest BCUT2D eigenvalue weighted by Gasteiger charge is -2.22. The van der Waals surface area contributed by atoms with Crippen molar-refractivity contribution in [3.8, 4) is 0 Å². The summed E-state index contributed by atoms with van der Waals surface area (Å²) < 4.78 is 1.20. The van der Waals surface area contributed by atoms with Gasteiger partial charge in [0.15, 0.2) is 0 Å². The third-order valence-corrected chi connectivity index (χ3v) is 4.97. The van der Waals surface area contributed by atoms with E-state index in [4.69, 9.17) is 0 Å². The van der Waals surface area contributed by atoms with Gasteiger partial charge in [-0.2, -0.15) is 11.8 Å². The zero-order valence-corrected chi connectivity index (χ0v) is 11.0. The molecule has 1 unspecified atom stereocenters. The van der Waals surface area contributed by atoms with E-state index in [1.165, 1.54) is 22.9 Å². The van der Waals surface area contributed by atoms with E-state index in [1.807, 2.05) is 11.8 Å². The standard InChI is InChI=1S/C12H15BrS/c1-9(14-2)12(6-7-12)10-4-3-5-11(13)8-10/h3-5,8-9H,6-7H2,1-2H3. The van der Waals surface area contributed by atoms with Gasteiger partial charge in [0.2, 0.25) is 0 Å². The zero-order valence-electron chi connectivity index (χ0n) is 8.59. The second kappa shape index (κ2) is 3.90. The van der Waals surface area contributed by atoms with Crippen LogP contribution in [-0.2, 0) is 5.41 Å². The van der Waals surface area contributed by atoms with Crippen molar-refractivity contribution in [1.29, 1.82) is 0 Å². The highest BCUT2D eigenvalue weighted by molar-refractivity contribution is 9.10. The van der Waals surface area contributed by atoms with E-state index >= 15 is 0 Å². The predicted molar refractivity (Wildman–Crippen MR) is 68.0 cm³/mol. The van der Waals surface area contributed by atoms with Gasteiger partial charge in [0.05, 0.1) is 0 Å². The van der Waals surface area contributed by atoms with Crippen molar-refractivity contribution in [2.24, 2.45) is 0 Å². The van der Waals surface area contributed by atoms with Gasteiger partial charge in [-0.1, -0.05) is 35.0 Å². The molecule has 0 N–H and O–H groups in total. The monoisotopic (exact) mass is 270 g/mol. The normalized spacial score (nSPS) is 20.5. The van der Waals surface area contributed by atoms with Crippen LogP contribution < -0.4 is 0 Å². The van der Waals surface area contributed by atoms with Crippen LogP contribution in [0.25, 0.3) is 0 Å². The molecule has 0 heterocycles. The Morgan fingerprint density at radius 1 is 1.43 bits per heavy atom. The van der Waals surface area contributed by atoms with E-state index in [0.29, 0.717) is 5.41 Å². The Bertz CT molecular complexity index is 331. The van der Waals surface area contributed by atoms with Crippen molar-refractivity contribution in [2.75, 3.05) is 6.26 Å². The van der Waals surface area contributed by atoms with E-state index in [2.05, 4.69) is 53.4 Å². The molecule has 0 amide bonds. The first-order valence-corrected chi connectivity index (χ1v) is 7.06. The Morgan fingerprint density at radius 2 is 2.14 bits per heavy atom. The molecule has 1 aromatic rings. The summed E-state index contributed by atoms with van der Waals surface area (Å²) in [4.78, 5) is 0. The largest absolute Gasteiger partial charge is 0.161 e. The summed E-state index contributed by atoms with van der Waals surface area (Å²) >= 11 is 5.53. The van der Waals surface area contributed by atoms with Crippen molar-refractivity contribution in [1.82, 2.24) is 0 Å². The van der Waals surface area contributed by atoms with Crippen molar-refractivity contribution in [3.63, 3.8) is 0 Å². The average molecular weight is 271 g/mol. The van der Waals surface area contributed by atoms with Gasteiger partial charge in [0.1, 0.15) is 0 Å². The molecule has 1 aliphatic carbocycles. The fraction of sp³-hybridized carbons (Fsp3) is 0.500. The minimum absolute atomic E-state index is 0.475. The molecule has 1 saturated carbocycles. The number of thioether (sulfide) groups is 1. The molecule has 0 saturated heterocycles. The van der Waals surface area contributed by atoms with Gasteiger partial charge in [0, 0.05) is 15.1 Å². The molecule has 1 aromatic carbocycles. The van der Waals surface area contributed by atoms with Gasteiger partial charge in [-0.25, -0.2) is 0 Å². The minimum atomic E-state index is 0.475. The summed E-state index contributed by atoms with van der Waals surface area (Å²) in [7, 11) is 0. The van der Waals surface area contributed by atoms with Crippen molar-refractivity contribution >= 4 is 27.7 Å². The lowest BCUT2D eigenvalue weighted by Crippen LogP contribution is -2.19. The molecule has 76 valence electrons. The summed E-state index contributed by atoms with van der Waals surface area (Å²) in [5.74, 6) is 0. The molecule has 0 radical (unpaired) electrons. The summed E-state index contributed by atoms with van der Waals surface area (Å²) in [6, 6.07) is 8.79. The molecule has 14 heavy (non-hydrogen) atoms. The molecule has 1 fully saturated rings. The molecule has 0 aromatic heterocycles. The Morgan fingerprint density at radius 3 is 2.64 bits per heavy atom. The fourth-order valence-electron chi connectivity index (χ4n) is 2.09. The Hall–Kier alpha value is 0.0500. The number of rotatable bonds is 3. The van der Waals surface area contributed by atoms with Gasteiger partial charge >= 0.3 is 0 Å². The number of benzene rings is 1. The zero-order chi connectivity index (χ0) is 10.2. The van der Waals surface area contributed by atoms with Gasteiger partial charge in [0.25, 0.3) is 0 Å². The molecule has 1 atom stereocenters. The predicted octanol–water partition coefficient (Wildman–Crippen LogP) is 4.23. The molecule has 2 rings (SSSR count). The van der Waals surface area contributed by atoms with E-state index < -0.39 is 0 Å². The summed E-state index contributed by atoms with van der Waals surface area (Å²) in [5.41, 5.74) is 1.98. The van der Waals surface area contributed by atoms with Crippen LogP contribution in [0.15, 0.2) is 28.7 Å². The maximum atomic E-state index is 3.55. The van der Waals surface area contributed by atoms with Crippen LogP contribution >= 0.6 is 27.7 Å². The third kappa shape index (κ3) is 1.74. The SMILES string of the molecule is CSC(C)C1(c2cccc(Br)c2)CC1. The number of hydrogen-bond donors (Lipinski definition) is 0. The van der Waals surface area contributed by atoms with Crippen LogP contribution in [0.4, 0.5) is 0 Å². The molecule has 2 heteroatoms. The second-order valence-corrected chi connectivity index (χ2v) is 6.14. The molecular formula is C12H15BrS. The lowest BCUT2D eigenvalue weighted by atomic mass is 9.93. The summed E-state index contributed by atoms with van der Waals surface area (Å²) in [5, 5.41) is 0.733. The lowest BCUT2D eigenvalue weighted by molar-refractivity contribution is 0.682. The van der Waals surface area contributed by atoms with E-state index in [1.54, 1.807) is 0 Å². The molecule has 0 spiro atoms. The highest BCUT2D eigenvalue weighted by atomic mass is 79.9. The number of hydrogen-bond acceptors (Lipinski definition) is 1. The summed E-state index contributed by atoms with van der Waals surface area (Å²) in [6.07, 6.45) is 4.92. The third-order valence-electron chi connectivity index (χ3n) is 3.32. The van der Waals surface area contributed by atoms with E-state index in [9.17, 15) is 0 Å². The quantitative estimate of drug-likeness (QED) is 0.792. The Balaban J connectivity index is 2.30. The topological polar surface area (TPSA) is 0 Å². The van der Waals surface area contributed by atoms with E-state index in [-0.39, 0.29) is 0 Å². The van der Waals surface area contributed by atoms with Crippen molar-refractivity contribution < 1.29 is 0 Å². The van der Waals surface area contributed by atoms with Crippen LogP contribution in [0.3, 0.4) is 0 Å². The first-order valence-electron chi connectivity index (χ1n) is 4.98. The minimum Gasteiger partial charge on any atom is -0.161 e. The van der Waals surface area contributed by atoms with Gasteiger partial charge < -0.3 is 0 Å². The Labute approximate surface area is 98.6 Å². The summed E-state index contributed by atoms with van der Waals surface area (Å²) in [6.45, 7) is 2.35. The van der Waals surface area contributed by atoms with Crippen molar-refractivity contribution in [2.45, 2.75) is 30.4 Å². The van der Waals surface area contributed by atoms with E-state index in [0.717, 1.165) is 5.25 Å². The highest BCUT2D eigenvalue weighted by Crippen LogP contribution is 2.54. The van der Waals surface area contributed by atoms with Gasteiger partial charge in [-0.15, -0.1) is 0 Å². The van der Waals surface area contributed by atoms with Gasteiger partial charge in [-0.3, -0.25) is 0 Å². The van der Waals surface area contributed by atoms with Crippen LogP contribution in [-0.4, -0.2) is 11.5 Å². The van der Waals surface area contributed by atoms with Crippen LogP contribution in [0.1, 0.15) is 25.3 Å². The molecular weight excluding hydrogens is 256 g/mol. The van der Waals surface area contributed by atoms with Crippen LogP contribution in [0.5, 0.6) is 0 Å². The Kier molecular flexibility index (Phi) is 2.94. The number of halogens is 1. The van der Waals surface area contributed by atoms with Gasteiger partial charge in [-0.05, 0) is 36.8 Å². The first-order chi connectivity index (χ1) is 6.69. The van der Waals surface area contributed by atoms with Crippen molar-refractivity contribution in [3.05, 3.63) is 34.3 Å². The highest BCUT2D eigenvalue weighted by Gasteiger charge is 2.48. The molecule has 1 aliphatic rings.